The van der Waals surface area contributed by atoms with Gasteiger partial charge in [0.1, 0.15) is 11.4 Å². The van der Waals surface area contributed by atoms with E-state index in [0.717, 1.165) is 41.3 Å². The zero-order valence-electron chi connectivity index (χ0n) is 17.4. The van der Waals surface area contributed by atoms with Gasteiger partial charge in [-0.15, -0.1) is 11.3 Å². The van der Waals surface area contributed by atoms with E-state index in [0.29, 0.717) is 5.92 Å². The molecule has 0 spiro atoms. The topological polar surface area (TPSA) is 48.0 Å². The monoisotopic (exact) mass is 393 g/mol. The molecule has 0 aromatic carbocycles. The summed E-state index contributed by atoms with van der Waals surface area (Å²) in [6.07, 6.45) is 4.20. The number of aryl methyl sites for hydroxylation is 4. The molecule has 6 heteroatoms. The first-order chi connectivity index (χ1) is 13.4. The fourth-order valence-electron chi connectivity index (χ4n) is 3.96. The van der Waals surface area contributed by atoms with Gasteiger partial charge < -0.3 is 0 Å². The summed E-state index contributed by atoms with van der Waals surface area (Å²) in [5.41, 5.74) is 7.73. The quantitative estimate of drug-likeness (QED) is 0.438. The van der Waals surface area contributed by atoms with Crippen LogP contribution in [0.25, 0.3) is 26.8 Å². The predicted molar refractivity (Wildman–Crippen MR) is 116 cm³/mol. The molecule has 4 aromatic rings. The van der Waals surface area contributed by atoms with Crippen molar-refractivity contribution in [1.82, 2.24) is 24.4 Å². The maximum atomic E-state index is 4.96. The van der Waals surface area contributed by atoms with Crippen LogP contribution in [0.2, 0.25) is 0 Å². The van der Waals surface area contributed by atoms with E-state index in [1.807, 2.05) is 17.9 Å². The summed E-state index contributed by atoms with van der Waals surface area (Å²) in [5, 5.41) is 9.42. The fraction of sp³-hybridized carbons (Fsp3) is 0.409. The molecule has 4 aromatic heterocycles. The summed E-state index contributed by atoms with van der Waals surface area (Å²) >= 11 is 1.77. The SMILES string of the molecule is CCC(CC)c1cc(C)nn2c(-c3sc(-c4ccn(C)n4)cc3C)c(C)nc12. The highest BCUT2D eigenvalue weighted by Gasteiger charge is 2.22. The normalized spacial score (nSPS) is 11.8. The number of fused-ring (bicyclic) bond motifs is 1. The summed E-state index contributed by atoms with van der Waals surface area (Å²) < 4.78 is 3.91. The lowest BCUT2D eigenvalue weighted by Gasteiger charge is -2.14. The molecule has 4 heterocycles. The first kappa shape index (κ1) is 18.9. The van der Waals surface area contributed by atoms with Gasteiger partial charge in [0.05, 0.1) is 21.1 Å². The van der Waals surface area contributed by atoms with Gasteiger partial charge in [-0.25, -0.2) is 9.50 Å². The molecule has 0 aliphatic rings. The van der Waals surface area contributed by atoms with E-state index in [9.17, 15) is 0 Å². The zero-order valence-corrected chi connectivity index (χ0v) is 18.3. The van der Waals surface area contributed by atoms with Gasteiger partial charge in [-0.3, -0.25) is 4.68 Å². The first-order valence-electron chi connectivity index (χ1n) is 9.90. The summed E-state index contributed by atoms with van der Waals surface area (Å²) in [5.74, 6) is 0.507. The summed E-state index contributed by atoms with van der Waals surface area (Å²) in [6, 6.07) is 6.49. The smallest absolute Gasteiger partial charge is 0.158 e. The second-order valence-electron chi connectivity index (χ2n) is 7.53. The number of imidazole rings is 1. The molecule has 0 N–H and O–H groups in total. The van der Waals surface area contributed by atoms with Gasteiger partial charge >= 0.3 is 0 Å². The van der Waals surface area contributed by atoms with Gasteiger partial charge in [-0.05, 0) is 63.3 Å². The van der Waals surface area contributed by atoms with Crippen LogP contribution in [0.1, 0.15) is 55.1 Å². The van der Waals surface area contributed by atoms with E-state index in [-0.39, 0.29) is 0 Å². The van der Waals surface area contributed by atoms with E-state index in [1.54, 1.807) is 11.3 Å². The van der Waals surface area contributed by atoms with Crippen LogP contribution in [0.4, 0.5) is 0 Å². The van der Waals surface area contributed by atoms with Crippen LogP contribution in [-0.4, -0.2) is 24.4 Å². The van der Waals surface area contributed by atoms with Crippen molar-refractivity contribution < 1.29 is 0 Å². The van der Waals surface area contributed by atoms with Crippen molar-refractivity contribution in [3.8, 4) is 21.1 Å². The molecule has 0 fully saturated rings. The van der Waals surface area contributed by atoms with Gasteiger partial charge in [0.15, 0.2) is 5.65 Å². The molecule has 0 atom stereocenters. The third kappa shape index (κ3) is 3.05. The first-order valence-corrected chi connectivity index (χ1v) is 10.7. The Balaban J connectivity index is 1.93. The molecule has 0 aliphatic heterocycles. The van der Waals surface area contributed by atoms with Crippen molar-refractivity contribution in [2.24, 2.45) is 7.05 Å². The summed E-state index contributed by atoms with van der Waals surface area (Å²) in [4.78, 5) is 7.36. The van der Waals surface area contributed by atoms with Gasteiger partial charge in [0.2, 0.25) is 0 Å². The Kier molecular flexibility index (Phi) is 4.83. The number of hydrogen-bond acceptors (Lipinski definition) is 4. The molecular weight excluding hydrogens is 366 g/mol. The van der Waals surface area contributed by atoms with E-state index in [4.69, 9.17) is 10.1 Å². The Morgan fingerprint density at radius 3 is 2.46 bits per heavy atom. The Labute approximate surface area is 170 Å². The van der Waals surface area contributed by atoms with Crippen molar-refractivity contribution in [2.75, 3.05) is 0 Å². The fourth-order valence-corrected chi connectivity index (χ4v) is 5.18. The van der Waals surface area contributed by atoms with Gasteiger partial charge in [0, 0.05) is 18.8 Å². The second-order valence-corrected chi connectivity index (χ2v) is 8.59. The summed E-state index contributed by atoms with van der Waals surface area (Å²) in [6.45, 7) is 10.8. The van der Waals surface area contributed by atoms with Crippen LogP contribution in [0.5, 0.6) is 0 Å². The molecule has 0 saturated heterocycles. The highest BCUT2D eigenvalue weighted by Crippen LogP contribution is 2.39. The molecule has 0 bridgehead atoms. The molecule has 0 radical (unpaired) electrons. The molecule has 0 amide bonds. The minimum Gasteiger partial charge on any atom is -0.275 e. The van der Waals surface area contributed by atoms with Crippen molar-refractivity contribution in [1.29, 1.82) is 0 Å². The van der Waals surface area contributed by atoms with Crippen molar-refractivity contribution in [2.45, 2.75) is 53.4 Å². The number of hydrogen-bond donors (Lipinski definition) is 0. The maximum absolute atomic E-state index is 4.96. The van der Waals surface area contributed by atoms with Gasteiger partial charge in [-0.1, -0.05) is 13.8 Å². The highest BCUT2D eigenvalue weighted by atomic mass is 32.1. The third-order valence-electron chi connectivity index (χ3n) is 5.43. The van der Waals surface area contributed by atoms with Crippen molar-refractivity contribution in [3.05, 3.63) is 46.9 Å². The molecule has 5 nitrogen and oxygen atoms in total. The van der Waals surface area contributed by atoms with E-state index >= 15 is 0 Å². The maximum Gasteiger partial charge on any atom is 0.158 e. The molecule has 0 saturated carbocycles. The lowest BCUT2D eigenvalue weighted by molar-refractivity contribution is 0.638. The molecule has 4 rings (SSSR count). The number of thiophene rings is 1. The largest absolute Gasteiger partial charge is 0.275 e. The lowest BCUT2D eigenvalue weighted by Crippen LogP contribution is -2.05. The van der Waals surface area contributed by atoms with E-state index in [2.05, 4.69) is 62.4 Å². The van der Waals surface area contributed by atoms with Gasteiger partial charge in [0.25, 0.3) is 0 Å². The molecule has 28 heavy (non-hydrogen) atoms. The van der Waals surface area contributed by atoms with Crippen LogP contribution in [0, 0.1) is 20.8 Å². The Hall–Kier alpha value is -2.47. The Morgan fingerprint density at radius 1 is 1.07 bits per heavy atom. The van der Waals surface area contributed by atoms with Gasteiger partial charge in [-0.2, -0.15) is 10.2 Å². The lowest BCUT2D eigenvalue weighted by atomic mass is 9.95. The number of rotatable bonds is 5. The van der Waals surface area contributed by atoms with Crippen LogP contribution < -0.4 is 0 Å². The second kappa shape index (κ2) is 7.17. The molecule has 0 aliphatic carbocycles. The zero-order chi connectivity index (χ0) is 20.0. The van der Waals surface area contributed by atoms with Crippen molar-refractivity contribution >= 4 is 17.0 Å². The number of aromatic nitrogens is 5. The van der Waals surface area contributed by atoms with Crippen LogP contribution in [-0.2, 0) is 7.05 Å². The summed E-state index contributed by atoms with van der Waals surface area (Å²) in [7, 11) is 1.95. The average Bonchev–Trinajstić information content (AvgIpc) is 3.33. The van der Waals surface area contributed by atoms with Crippen LogP contribution >= 0.6 is 11.3 Å². The number of nitrogens with zero attached hydrogens (tertiary/aromatic N) is 5. The molecule has 146 valence electrons. The third-order valence-corrected chi connectivity index (χ3v) is 6.70. The average molecular weight is 394 g/mol. The van der Waals surface area contributed by atoms with Crippen molar-refractivity contribution in [3.63, 3.8) is 0 Å². The minimum atomic E-state index is 0.507. The van der Waals surface area contributed by atoms with Crippen LogP contribution in [0.15, 0.2) is 24.4 Å². The van der Waals surface area contributed by atoms with Crippen LogP contribution in [0.3, 0.4) is 0 Å². The minimum absolute atomic E-state index is 0.507. The van der Waals surface area contributed by atoms with E-state index < -0.39 is 0 Å². The predicted octanol–water partition coefficient (Wildman–Crippen LogP) is 5.69. The molecular formula is C22H27N5S. The molecule has 0 unspecified atom stereocenters. The Morgan fingerprint density at radius 2 is 1.82 bits per heavy atom. The standard InChI is InChI=1S/C22H27N5S/c1-7-16(8-2)17-12-14(4)24-27-20(15(5)23-22(17)27)21-13(3)11-19(28-21)18-9-10-26(6)25-18/h9-12,16H,7-8H2,1-6H3. The highest BCUT2D eigenvalue weighted by molar-refractivity contribution is 7.19. The Bertz CT molecular complexity index is 1140. The van der Waals surface area contributed by atoms with E-state index in [1.165, 1.54) is 20.9 Å².